The number of benzene rings is 1. The van der Waals surface area contributed by atoms with Crippen molar-refractivity contribution < 1.29 is 13.2 Å². The van der Waals surface area contributed by atoms with Crippen LogP contribution in [0.2, 0.25) is 0 Å². The van der Waals surface area contributed by atoms with Gasteiger partial charge in [0.15, 0.2) is 0 Å². The SMILES string of the molecule is CCS(=O)(=O)NCc1ccc(C(=O)NCCC2CCCNC2)cc1. The van der Waals surface area contributed by atoms with Gasteiger partial charge in [-0.1, -0.05) is 12.1 Å². The molecule has 1 aromatic carbocycles. The number of carbonyl (C=O) groups excluding carboxylic acids is 1. The summed E-state index contributed by atoms with van der Waals surface area (Å²) in [5.41, 5.74) is 1.43. The van der Waals surface area contributed by atoms with Crippen molar-refractivity contribution in [2.75, 3.05) is 25.4 Å². The molecule has 1 amide bonds. The normalized spacial score (nSPS) is 18.3. The summed E-state index contributed by atoms with van der Waals surface area (Å²) in [6, 6.07) is 7.01. The number of hydrogen-bond donors (Lipinski definition) is 3. The Kier molecular flexibility index (Phi) is 7.20. The first kappa shape index (κ1) is 18.9. The van der Waals surface area contributed by atoms with Crippen LogP contribution in [0.1, 0.15) is 42.1 Å². The van der Waals surface area contributed by atoms with Crippen LogP contribution in [0.5, 0.6) is 0 Å². The van der Waals surface area contributed by atoms with E-state index in [4.69, 9.17) is 0 Å². The third kappa shape index (κ3) is 6.22. The van der Waals surface area contributed by atoms with Gasteiger partial charge in [0.25, 0.3) is 5.91 Å². The lowest BCUT2D eigenvalue weighted by atomic mass is 9.96. The van der Waals surface area contributed by atoms with E-state index in [2.05, 4.69) is 15.4 Å². The molecule has 1 atom stereocenters. The molecule has 3 N–H and O–H groups in total. The predicted molar refractivity (Wildman–Crippen MR) is 95.3 cm³/mol. The molecule has 0 aromatic heterocycles. The van der Waals surface area contributed by atoms with E-state index < -0.39 is 10.0 Å². The minimum Gasteiger partial charge on any atom is -0.352 e. The van der Waals surface area contributed by atoms with E-state index in [1.807, 2.05) is 0 Å². The van der Waals surface area contributed by atoms with Gasteiger partial charge < -0.3 is 10.6 Å². The molecule has 0 radical (unpaired) electrons. The van der Waals surface area contributed by atoms with Crippen molar-refractivity contribution in [1.29, 1.82) is 0 Å². The molecule has 24 heavy (non-hydrogen) atoms. The van der Waals surface area contributed by atoms with Gasteiger partial charge in [0.05, 0.1) is 5.75 Å². The fourth-order valence-corrected chi connectivity index (χ4v) is 3.32. The van der Waals surface area contributed by atoms with E-state index in [1.165, 1.54) is 12.8 Å². The van der Waals surface area contributed by atoms with E-state index >= 15 is 0 Å². The Morgan fingerprint density at radius 2 is 2.04 bits per heavy atom. The number of nitrogens with one attached hydrogen (secondary N) is 3. The molecule has 1 heterocycles. The average molecular weight is 353 g/mol. The molecular formula is C17H27N3O3S. The maximum atomic E-state index is 12.1. The van der Waals surface area contributed by atoms with Crippen LogP contribution in [0, 0.1) is 5.92 Å². The van der Waals surface area contributed by atoms with Gasteiger partial charge in [-0.3, -0.25) is 4.79 Å². The highest BCUT2D eigenvalue weighted by molar-refractivity contribution is 7.89. The second kappa shape index (κ2) is 9.15. The van der Waals surface area contributed by atoms with Crippen LogP contribution in [-0.2, 0) is 16.6 Å². The lowest BCUT2D eigenvalue weighted by Gasteiger charge is -2.22. The second-order valence-electron chi connectivity index (χ2n) is 6.18. The van der Waals surface area contributed by atoms with Crippen molar-refractivity contribution in [2.45, 2.75) is 32.7 Å². The quantitative estimate of drug-likeness (QED) is 0.656. The molecule has 0 bridgehead atoms. The van der Waals surface area contributed by atoms with E-state index in [0.29, 0.717) is 18.0 Å². The fraction of sp³-hybridized carbons (Fsp3) is 0.588. The molecule has 1 aliphatic heterocycles. The van der Waals surface area contributed by atoms with Gasteiger partial charge >= 0.3 is 0 Å². The van der Waals surface area contributed by atoms with Gasteiger partial charge in [-0.25, -0.2) is 13.1 Å². The smallest absolute Gasteiger partial charge is 0.251 e. The van der Waals surface area contributed by atoms with Crippen molar-refractivity contribution in [3.05, 3.63) is 35.4 Å². The molecule has 0 saturated carbocycles. The van der Waals surface area contributed by atoms with E-state index in [9.17, 15) is 13.2 Å². The highest BCUT2D eigenvalue weighted by Gasteiger charge is 2.13. The summed E-state index contributed by atoms with van der Waals surface area (Å²) in [7, 11) is -3.20. The molecule has 1 saturated heterocycles. The van der Waals surface area contributed by atoms with Crippen molar-refractivity contribution in [3.8, 4) is 0 Å². The molecule has 7 heteroatoms. The number of rotatable bonds is 8. The van der Waals surface area contributed by atoms with Gasteiger partial charge in [-0.2, -0.15) is 0 Å². The highest BCUT2D eigenvalue weighted by Crippen LogP contribution is 2.13. The molecular weight excluding hydrogens is 326 g/mol. The van der Waals surface area contributed by atoms with Crippen LogP contribution in [0.15, 0.2) is 24.3 Å². The van der Waals surface area contributed by atoms with E-state index in [-0.39, 0.29) is 18.2 Å². The van der Waals surface area contributed by atoms with E-state index in [0.717, 1.165) is 25.1 Å². The molecule has 1 aliphatic rings. The lowest BCUT2D eigenvalue weighted by molar-refractivity contribution is 0.0950. The first-order chi connectivity index (χ1) is 11.5. The summed E-state index contributed by atoms with van der Waals surface area (Å²) in [6.45, 7) is 4.66. The highest BCUT2D eigenvalue weighted by atomic mass is 32.2. The number of piperidine rings is 1. The van der Waals surface area contributed by atoms with Crippen LogP contribution in [0.25, 0.3) is 0 Å². The zero-order valence-electron chi connectivity index (χ0n) is 14.2. The van der Waals surface area contributed by atoms with Gasteiger partial charge in [-0.15, -0.1) is 0 Å². The monoisotopic (exact) mass is 353 g/mol. The third-order valence-corrected chi connectivity index (χ3v) is 5.67. The minimum absolute atomic E-state index is 0.0595. The first-order valence-corrected chi connectivity index (χ1v) is 10.2. The summed E-state index contributed by atoms with van der Waals surface area (Å²) in [6.07, 6.45) is 3.43. The van der Waals surface area contributed by atoms with Gasteiger partial charge in [0.1, 0.15) is 0 Å². The summed E-state index contributed by atoms with van der Waals surface area (Å²) < 4.78 is 25.3. The van der Waals surface area contributed by atoms with Crippen LogP contribution >= 0.6 is 0 Å². The number of sulfonamides is 1. The first-order valence-electron chi connectivity index (χ1n) is 8.55. The van der Waals surface area contributed by atoms with Crippen LogP contribution in [0.3, 0.4) is 0 Å². The Hall–Kier alpha value is -1.44. The maximum absolute atomic E-state index is 12.1. The van der Waals surface area contributed by atoms with Crippen LogP contribution < -0.4 is 15.4 Å². The standard InChI is InChI=1S/C17H27N3O3S/c1-2-24(22,23)20-13-15-5-7-16(8-6-15)17(21)19-11-9-14-4-3-10-18-12-14/h5-8,14,18,20H,2-4,9-13H2,1H3,(H,19,21). The molecule has 1 fully saturated rings. The zero-order valence-corrected chi connectivity index (χ0v) is 15.0. The number of amides is 1. The fourth-order valence-electron chi connectivity index (χ4n) is 2.73. The largest absolute Gasteiger partial charge is 0.352 e. The molecule has 134 valence electrons. The Morgan fingerprint density at radius 1 is 1.29 bits per heavy atom. The Labute approximate surface area is 144 Å². The lowest BCUT2D eigenvalue weighted by Crippen LogP contribution is -2.33. The number of hydrogen-bond acceptors (Lipinski definition) is 4. The summed E-state index contributed by atoms with van der Waals surface area (Å²) in [4.78, 5) is 12.1. The minimum atomic E-state index is -3.20. The zero-order chi connectivity index (χ0) is 17.4. The molecule has 1 aromatic rings. The van der Waals surface area contributed by atoms with Gasteiger partial charge in [-0.05, 0) is 62.9 Å². The van der Waals surface area contributed by atoms with Crippen LogP contribution in [-0.4, -0.2) is 39.7 Å². The van der Waals surface area contributed by atoms with Crippen LogP contribution in [0.4, 0.5) is 0 Å². The van der Waals surface area contributed by atoms with Crippen molar-refractivity contribution >= 4 is 15.9 Å². The van der Waals surface area contributed by atoms with Gasteiger partial charge in [0.2, 0.25) is 10.0 Å². The summed E-state index contributed by atoms with van der Waals surface area (Å²) in [5.74, 6) is 0.622. The molecule has 1 unspecified atom stereocenters. The summed E-state index contributed by atoms with van der Waals surface area (Å²) in [5, 5.41) is 6.33. The van der Waals surface area contributed by atoms with Crippen molar-refractivity contribution in [2.24, 2.45) is 5.92 Å². The summed E-state index contributed by atoms with van der Waals surface area (Å²) >= 11 is 0. The topological polar surface area (TPSA) is 87.3 Å². The van der Waals surface area contributed by atoms with Crippen molar-refractivity contribution in [3.63, 3.8) is 0 Å². The average Bonchev–Trinajstić information content (AvgIpc) is 2.61. The van der Waals surface area contributed by atoms with Crippen molar-refractivity contribution in [1.82, 2.24) is 15.4 Å². The van der Waals surface area contributed by atoms with Gasteiger partial charge in [0, 0.05) is 18.7 Å². The second-order valence-corrected chi connectivity index (χ2v) is 8.27. The maximum Gasteiger partial charge on any atom is 0.251 e. The molecule has 0 spiro atoms. The Balaban J connectivity index is 1.76. The molecule has 6 nitrogen and oxygen atoms in total. The Morgan fingerprint density at radius 3 is 2.67 bits per heavy atom. The Bertz CT molecular complexity index is 623. The third-order valence-electron chi connectivity index (χ3n) is 4.33. The molecule has 0 aliphatic carbocycles. The van der Waals surface area contributed by atoms with E-state index in [1.54, 1.807) is 31.2 Å². The number of carbonyl (C=O) groups is 1. The molecule has 2 rings (SSSR count). The predicted octanol–water partition coefficient (Wildman–Crippen LogP) is 1.25.